The molecule has 0 bridgehead atoms. The predicted octanol–water partition coefficient (Wildman–Crippen LogP) is 0.322. The topological polar surface area (TPSA) is 95.1 Å². The van der Waals surface area contributed by atoms with Gasteiger partial charge in [0.2, 0.25) is 5.91 Å². The molecule has 130 valence electrons. The number of halogens is 2. The fraction of sp³-hybridized carbons (Fsp3) is 0.375. The average molecular weight is 363 g/mol. The lowest BCUT2D eigenvalue weighted by atomic mass is 10.1. The van der Waals surface area contributed by atoms with Crippen LogP contribution in [-0.4, -0.2) is 45.4 Å². The number of carbonyl (C=O) groups excluding carboxylic acids is 1. The number of hydrogen-bond acceptors (Lipinski definition) is 5. The van der Waals surface area contributed by atoms with E-state index in [1.54, 1.807) is 6.20 Å². The Kier molecular flexibility index (Phi) is 4.12. The van der Waals surface area contributed by atoms with Gasteiger partial charge in [-0.05, 0) is 12.8 Å². The smallest absolute Gasteiger partial charge is 0.242 e. The van der Waals surface area contributed by atoms with Crippen molar-refractivity contribution in [2.45, 2.75) is 24.3 Å². The molecule has 0 aliphatic carbocycles. The molecule has 3 N–H and O–H groups in total. The SMILES string of the molecule is O=C1NCCC[C@@H]1Nc1nc(-c2c[nH]c3c2=CC(Cl)CN=3)ncc1F. The predicted molar refractivity (Wildman–Crippen MR) is 91.2 cm³/mol. The number of alkyl halides is 1. The van der Waals surface area contributed by atoms with E-state index in [-0.39, 0.29) is 17.1 Å². The van der Waals surface area contributed by atoms with Gasteiger partial charge in [0.1, 0.15) is 11.5 Å². The fourth-order valence-electron chi connectivity index (χ4n) is 2.99. The number of nitrogens with one attached hydrogen (secondary N) is 3. The molecular weight excluding hydrogens is 347 g/mol. The molecule has 0 aromatic carbocycles. The van der Waals surface area contributed by atoms with Gasteiger partial charge in [-0.3, -0.25) is 9.79 Å². The molecule has 4 rings (SSSR count). The van der Waals surface area contributed by atoms with Crippen molar-refractivity contribution in [2.24, 2.45) is 4.99 Å². The zero-order valence-electron chi connectivity index (χ0n) is 13.2. The zero-order chi connectivity index (χ0) is 17.4. The van der Waals surface area contributed by atoms with Gasteiger partial charge >= 0.3 is 0 Å². The molecule has 1 fully saturated rings. The molecule has 0 radical (unpaired) electrons. The van der Waals surface area contributed by atoms with Crippen LogP contribution in [0.1, 0.15) is 12.8 Å². The van der Waals surface area contributed by atoms with Crippen molar-refractivity contribution in [1.82, 2.24) is 20.3 Å². The third-order valence-corrected chi connectivity index (χ3v) is 4.52. The number of amides is 1. The van der Waals surface area contributed by atoms with Gasteiger partial charge in [-0.1, -0.05) is 6.08 Å². The summed E-state index contributed by atoms with van der Waals surface area (Å²) in [6, 6.07) is -0.500. The van der Waals surface area contributed by atoms with E-state index in [1.807, 2.05) is 6.08 Å². The molecule has 2 aromatic heterocycles. The Morgan fingerprint density at radius 2 is 2.28 bits per heavy atom. The summed E-state index contributed by atoms with van der Waals surface area (Å²) in [6.07, 6.45) is 6.17. The first kappa shape index (κ1) is 16.0. The molecule has 2 aliphatic heterocycles. The van der Waals surface area contributed by atoms with Gasteiger partial charge in [0.15, 0.2) is 17.5 Å². The van der Waals surface area contributed by atoms with Gasteiger partial charge in [0.05, 0.1) is 18.1 Å². The van der Waals surface area contributed by atoms with Crippen LogP contribution in [0.15, 0.2) is 17.4 Å². The van der Waals surface area contributed by atoms with Crippen LogP contribution >= 0.6 is 11.6 Å². The van der Waals surface area contributed by atoms with Crippen LogP contribution in [0.5, 0.6) is 0 Å². The Morgan fingerprint density at radius 3 is 3.12 bits per heavy atom. The highest BCUT2D eigenvalue weighted by Gasteiger charge is 2.24. The number of aromatic nitrogens is 3. The van der Waals surface area contributed by atoms with Crippen LogP contribution in [0.2, 0.25) is 0 Å². The number of piperidine rings is 1. The summed E-state index contributed by atoms with van der Waals surface area (Å²) in [5.41, 5.74) is 1.40. The Labute approximate surface area is 147 Å². The number of H-pyrrole nitrogens is 1. The van der Waals surface area contributed by atoms with Crippen molar-refractivity contribution in [1.29, 1.82) is 0 Å². The highest BCUT2D eigenvalue weighted by molar-refractivity contribution is 6.24. The van der Waals surface area contributed by atoms with Crippen molar-refractivity contribution in [2.75, 3.05) is 18.4 Å². The minimum absolute atomic E-state index is 0.0113. The highest BCUT2D eigenvalue weighted by atomic mass is 35.5. The van der Waals surface area contributed by atoms with Crippen molar-refractivity contribution in [3.63, 3.8) is 0 Å². The average Bonchev–Trinajstić information content (AvgIpc) is 3.02. The van der Waals surface area contributed by atoms with Gasteiger partial charge in [-0.15, -0.1) is 11.6 Å². The largest absolute Gasteiger partial charge is 0.356 e. The lowest BCUT2D eigenvalue weighted by molar-refractivity contribution is -0.123. The lowest BCUT2D eigenvalue weighted by Crippen LogP contribution is -2.44. The summed E-state index contributed by atoms with van der Waals surface area (Å²) < 4.78 is 14.1. The number of fused-ring (bicyclic) bond motifs is 1. The molecule has 1 amide bonds. The molecular formula is C16H16ClFN6O. The maximum Gasteiger partial charge on any atom is 0.242 e. The first-order chi connectivity index (χ1) is 12.1. The molecule has 25 heavy (non-hydrogen) atoms. The van der Waals surface area contributed by atoms with E-state index < -0.39 is 11.9 Å². The second-order valence-corrected chi connectivity index (χ2v) is 6.57. The molecule has 1 unspecified atom stereocenters. The first-order valence-electron chi connectivity index (χ1n) is 8.07. The summed E-state index contributed by atoms with van der Waals surface area (Å²) >= 11 is 6.14. The van der Waals surface area contributed by atoms with Gasteiger partial charge < -0.3 is 15.6 Å². The van der Waals surface area contributed by atoms with Crippen LogP contribution in [0.3, 0.4) is 0 Å². The van der Waals surface area contributed by atoms with E-state index >= 15 is 0 Å². The maximum absolute atomic E-state index is 14.1. The summed E-state index contributed by atoms with van der Waals surface area (Å²) in [4.78, 5) is 27.6. The lowest BCUT2D eigenvalue weighted by Gasteiger charge is -2.23. The number of anilines is 1. The minimum atomic E-state index is -0.601. The van der Waals surface area contributed by atoms with E-state index in [0.29, 0.717) is 36.4 Å². The molecule has 4 heterocycles. The van der Waals surface area contributed by atoms with Crippen LogP contribution in [-0.2, 0) is 4.79 Å². The van der Waals surface area contributed by atoms with Crippen molar-refractivity contribution in [3.05, 3.63) is 28.9 Å². The minimum Gasteiger partial charge on any atom is -0.356 e. The van der Waals surface area contributed by atoms with Crippen molar-refractivity contribution >= 4 is 29.4 Å². The third kappa shape index (κ3) is 3.09. The van der Waals surface area contributed by atoms with Crippen molar-refractivity contribution < 1.29 is 9.18 Å². The van der Waals surface area contributed by atoms with Crippen LogP contribution in [0.25, 0.3) is 17.5 Å². The van der Waals surface area contributed by atoms with Crippen LogP contribution in [0.4, 0.5) is 10.2 Å². The van der Waals surface area contributed by atoms with E-state index in [0.717, 1.165) is 17.8 Å². The van der Waals surface area contributed by atoms with Crippen LogP contribution in [0, 0.1) is 5.82 Å². The second kappa shape index (κ2) is 6.44. The van der Waals surface area contributed by atoms with E-state index in [9.17, 15) is 9.18 Å². The summed E-state index contributed by atoms with van der Waals surface area (Å²) in [7, 11) is 0. The molecule has 2 aliphatic rings. The summed E-state index contributed by atoms with van der Waals surface area (Å²) in [5.74, 6) is -0.399. The number of rotatable bonds is 3. The summed E-state index contributed by atoms with van der Waals surface area (Å²) in [6.45, 7) is 1.14. The Bertz CT molecular complexity index is 943. The van der Waals surface area contributed by atoms with Crippen molar-refractivity contribution in [3.8, 4) is 11.4 Å². The van der Waals surface area contributed by atoms with Gasteiger partial charge in [0.25, 0.3) is 0 Å². The number of carbonyl (C=O) groups is 1. The third-order valence-electron chi connectivity index (χ3n) is 4.25. The molecule has 7 nitrogen and oxygen atoms in total. The Balaban J connectivity index is 1.70. The molecule has 2 aromatic rings. The quantitative estimate of drug-likeness (QED) is 0.685. The van der Waals surface area contributed by atoms with Gasteiger partial charge in [-0.2, -0.15) is 0 Å². The first-order valence-corrected chi connectivity index (χ1v) is 8.50. The molecule has 0 spiro atoms. The maximum atomic E-state index is 14.1. The highest BCUT2D eigenvalue weighted by Crippen LogP contribution is 2.18. The van der Waals surface area contributed by atoms with E-state index in [4.69, 9.17) is 11.6 Å². The Hall–Kier alpha value is -2.48. The Morgan fingerprint density at radius 1 is 1.40 bits per heavy atom. The molecule has 2 atom stereocenters. The zero-order valence-corrected chi connectivity index (χ0v) is 14.0. The molecule has 0 saturated carbocycles. The van der Waals surface area contributed by atoms with Gasteiger partial charge in [-0.25, -0.2) is 14.4 Å². The fourth-order valence-corrected chi connectivity index (χ4v) is 3.19. The standard InChI is InChI=1S/C16H16ClFN6O/c17-8-4-9-10(6-21-13(9)20-5-8)14-22-7-11(18)15(24-14)23-12-2-1-3-19-16(12)25/h4,6-8,12H,1-3,5H2,(H,19,25)(H,20,21)(H,22,23,24)/t8?,12-/m0/s1. The summed E-state index contributed by atoms with van der Waals surface area (Å²) in [5, 5.41) is 6.24. The monoisotopic (exact) mass is 362 g/mol. The molecule has 9 heteroatoms. The number of aromatic amines is 1. The van der Waals surface area contributed by atoms with Crippen LogP contribution < -0.4 is 21.3 Å². The second-order valence-electron chi connectivity index (χ2n) is 6.01. The van der Waals surface area contributed by atoms with E-state index in [2.05, 4.69) is 30.6 Å². The number of nitrogens with zero attached hydrogens (tertiary/aromatic N) is 3. The van der Waals surface area contributed by atoms with Gasteiger partial charge in [0, 0.05) is 23.5 Å². The number of hydrogen-bond donors (Lipinski definition) is 3. The molecule has 1 saturated heterocycles. The van der Waals surface area contributed by atoms with E-state index in [1.165, 1.54) is 0 Å². The normalized spacial score (nSPS) is 22.4.